The summed E-state index contributed by atoms with van der Waals surface area (Å²) in [4.78, 5) is 34.7. The second kappa shape index (κ2) is 7.55. The average molecular weight is 384 g/mol. The molecule has 0 saturated carbocycles. The van der Waals surface area contributed by atoms with Crippen molar-refractivity contribution in [1.29, 1.82) is 0 Å². The molecule has 146 valence electrons. The predicted octanol–water partition coefficient (Wildman–Crippen LogP) is 1.38. The third-order valence-corrected chi connectivity index (χ3v) is 5.26. The summed E-state index contributed by atoms with van der Waals surface area (Å²) in [6.45, 7) is 2.24. The van der Waals surface area contributed by atoms with Gasteiger partial charge in [0.25, 0.3) is 0 Å². The lowest BCUT2D eigenvalue weighted by molar-refractivity contribution is -0.134. The highest BCUT2D eigenvalue weighted by Crippen LogP contribution is 2.23. The fourth-order valence-electron chi connectivity index (χ4n) is 3.77. The molecular weight excluding hydrogens is 363 g/mol. The van der Waals surface area contributed by atoms with Crippen LogP contribution in [0.2, 0.25) is 0 Å². The van der Waals surface area contributed by atoms with Crippen LogP contribution in [-0.2, 0) is 16.1 Å². The van der Waals surface area contributed by atoms with Gasteiger partial charge in [-0.3, -0.25) is 19.4 Å². The van der Waals surface area contributed by atoms with Crippen LogP contribution in [0.3, 0.4) is 0 Å². The number of carbonyl (C=O) groups excluding carboxylic acids is 2. The minimum Gasteiger partial charge on any atom is -0.506 e. The van der Waals surface area contributed by atoms with Crippen LogP contribution in [0.1, 0.15) is 12.0 Å². The zero-order valence-electron chi connectivity index (χ0n) is 15.3. The fraction of sp³-hybridized carbons (Fsp3) is 0.350. The van der Waals surface area contributed by atoms with E-state index >= 15 is 0 Å². The normalized spacial score (nSPS) is 20.8. The summed E-state index contributed by atoms with van der Waals surface area (Å²) >= 11 is 0. The SMILES string of the molecule is O=C1[C@H](N2CCN(c3ccc(O)cn3)C(=O)C2)CCN1Cc1ccc(F)cc1. The highest BCUT2D eigenvalue weighted by atomic mass is 19.1. The molecule has 2 aromatic rings. The smallest absolute Gasteiger partial charge is 0.242 e. The van der Waals surface area contributed by atoms with E-state index in [1.165, 1.54) is 24.4 Å². The second-order valence-electron chi connectivity index (χ2n) is 7.08. The maximum atomic E-state index is 13.1. The van der Waals surface area contributed by atoms with E-state index < -0.39 is 0 Å². The van der Waals surface area contributed by atoms with Crippen LogP contribution in [0.25, 0.3) is 0 Å². The molecule has 2 saturated heterocycles. The van der Waals surface area contributed by atoms with Crippen LogP contribution >= 0.6 is 0 Å². The number of nitrogens with zero attached hydrogens (tertiary/aromatic N) is 4. The highest BCUT2D eigenvalue weighted by Gasteiger charge is 2.39. The van der Waals surface area contributed by atoms with Crippen LogP contribution in [-0.4, -0.2) is 63.9 Å². The molecule has 2 fully saturated rings. The van der Waals surface area contributed by atoms with E-state index in [1.807, 2.05) is 4.90 Å². The Morgan fingerprint density at radius 1 is 1.07 bits per heavy atom. The van der Waals surface area contributed by atoms with Crippen LogP contribution in [0.5, 0.6) is 5.75 Å². The molecule has 0 aliphatic carbocycles. The van der Waals surface area contributed by atoms with E-state index in [9.17, 15) is 19.1 Å². The van der Waals surface area contributed by atoms with Crippen molar-refractivity contribution in [3.05, 3.63) is 54.0 Å². The topological polar surface area (TPSA) is 77.0 Å². The standard InChI is InChI=1S/C20H21FN4O3/c21-15-3-1-14(2-4-15)12-24-8-7-17(20(24)28)23-9-10-25(19(27)13-23)18-6-5-16(26)11-22-18/h1-6,11,17,26H,7-10,12-13H2/t17-/m1/s1. The Morgan fingerprint density at radius 2 is 1.86 bits per heavy atom. The first-order chi connectivity index (χ1) is 13.5. The predicted molar refractivity (Wildman–Crippen MR) is 100 cm³/mol. The van der Waals surface area contributed by atoms with Gasteiger partial charge >= 0.3 is 0 Å². The molecule has 0 spiro atoms. The first-order valence-corrected chi connectivity index (χ1v) is 9.24. The number of carbonyl (C=O) groups is 2. The van der Waals surface area contributed by atoms with Gasteiger partial charge in [-0.2, -0.15) is 0 Å². The third-order valence-electron chi connectivity index (χ3n) is 5.26. The zero-order chi connectivity index (χ0) is 19.7. The molecule has 4 rings (SSSR count). The number of likely N-dealkylation sites (tertiary alicyclic amines) is 1. The number of amides is 2. The van der Waals surface area contributed by atoms with Gasteiger partial charge < -0.3 is 10.0 Å². The number of benzene rings is 1. The van der Waals surface area contributed by atoms with Crippen molar-refractivity contribution < 1.29 is 19.1 Å². The molecule has 7 nitrogen and oxygen atoms in total. The van der Waals surface area contributed by atoms with Crippen molar-refractivity contribution in [2.24, 2.45) is 0 Å². The molecular formula is C20H21FN4O3. The summed E-state index contributed by atoms with van der Waals surface area (Å²) in [6, 6.07) is 8.94. The van der Waals surface area contributed by atoms with E-state index in [0.717, 1.165) is 5.56 Å². The number of piperazine rings is 1. The van der Waals surface area contributed by atoms with Crippen LogP contribution < -0.4 is 4.90 Å². The molecule has 3 heterocycles. The van der Waals surface area contributed by atoms with E-state index in [0.29, 0.717) is 38.4 Å². The van der Waals surface area contributed by atoms with E-state index in [-0.39, 0.29) is 36.0 Å². The average Bonchev–Trinajstić information content (AvgIpc) is 3.05. The number of rotatable bonds is 4. The number of anilines is 1. The summed E-state index contributed by atoms with van der Waals surface area (Å²) < 4.78 is 13.1. The first kappa shape index (κ1) is 18.4. The highest BCUT2D eigenvalue weighted by molar-refractivity contribution is 5.95. The van der Waals surface area contributed by atoms with Crippen molar-refractivity contribution in [3.8, 4) is 5.75 Å². The van der Waals surface area contributed by atoms with Gasteiger partial charge in [0.2, 0.25) is 11.8 Å². The third kappa shape index (κ3) is 3.68. The van der Waals surface area contributed by atoms with Gasteiger partial charge in [0, 0.05) is 26.2 Å². The molecule has 0 bridgehead atoms. The van der Waals surface area contributed by atoms with Gasteiger partial charge in [0.05, 0.1) is 18.8 Å². The van der Waals surface area contributed by atoms with E-state index in [2.05, 4.69) is 4.98 Å². The van der Waals surface area contributed by atoms with Gasteiger partial charge in [-0.15, -0.1) is 0 Å². The molecule has 28 heavy (non-hydrogen) atoms. The molecule has 1 aromatic heterocycles. The monoisotopic (exact) mass is 384 g/mol. The Bertz CT molecular complexity index is 872. The molecule has 2 amide bonds. The first-order valence-electron chi connectivity index (χ1n) is 9.24. The van der Waals surface area contributed by atoms with Gasteiger partial charge in [-0.05, 0) is 36.2 Å². The lowest BCUT2D eigenvalue weighted by atomic mass is 10.1. The lowest BCUT2D eigenvalue weighted by Gasteiger charge is -2.36. The van der Waals surface area contributed by atoms with Gasteiger partial charge in [0.15, 0.2) is 0 Å². The summed E-state index contributed by atoms with van der Waals surface area (Å²) in [7, 11) is 0. The Morgan fingerprint density at radius 3 is 2.54 bits per heavy atom. The number of hydrogen-bond acceptors (Lipinski definition) is 5. The molecule has 8 heteroatoms. The van der Waals surface area contributed by atoms with Crippen molar-refractivity contribution in [2.45, 2.75) is 19.0 Å². The van der Waals surface area contributed by atoms with Crippen molar-refractivity contribution in [2.75, 3.05) is 31.1 Å². The van der Waals surface area contributed by atoms with Crippen LogP contribution in [0.15, 0.2) is 42.6 Å². The molecule has 2 aliphatic rings. The van der Waals surface area contributed by atoms with E-state index in [4.69, 9.17) is 0 Å². The molecule has 0 radical (unpaired) electrons. The Kier molecular flexibility index (Phi) is 4.95. The Labute approximate surface area is 162 Å². The van der Waals surface area contributed by atoms with Crippen molar-refractivity contribution >= 4 is 17.6 Å². The Balaban J connectivity index is 1.38. The quantitative estimate of drug-likeness (QED) is 0.862. The minimum atomic E-state index is -0.306. The van der Waals surface area contributed by atoms with Gasteiger partial charge in [-0.1, -0.05) is 12.1 Å². The largest absolute Gasteiger partial charge is 0.506 e. The maximum Gasteiger partial charge on any atom is 0.242 e. The maximum absolute atomic E-state index is 13.1. The Hall–Kier alpha value is -3.00. The summed E-state index contributed by atoms with van der Waals surface area (Å²) in [6.07, 6.45) is 1.98. The molecule has 1 atom stereocenters. The summed E-state index contributed by atoms with van der Waals surface area (Å²) in [5.74, 6) is 0.141. The lowest BCUT2D eigenvalue weighted by Crippen LogP contribution is -2.55. The number of aromatic hydroxyl groups is 1. The second-order valence-corrected chi connectivity index (χ2v) is 7.08. The van der Waals surface area contributed by atoms with Crippen molar-refractivity contribution in [3.63, 3.8) is 0 Å². The molecule has 1 N–H and O–H groups in total. The summed E-state index contributed by atoms with van der Waals surface area (Å²) in [5.41, 5.74) is 0.884. The number of pyridine rings is 1. The number of aromatic nitrogens is 1. The van der Waals surface area contributed by atoms with Gasteiger partial charge in [0.1, 0.15) is 17.4 Å². The number of hydrogen-bond donors (Lipinski definition) is 1. The molecule has 0 unspecified atom stereocenters. The van der Waals surface area contributed by atoms with Crippen LogP contribution in [0, 0.1) is 5.82 Å². The molecule has 2 aliphatic heterocycles. The van der Waals surface area contributed by atoms with Crippen LogP contribution in [0.4, 0.5) is 10.2 Å². The van der Waals surface area contributed by atoms with Gasteiger partial charge in [-0.25, -0.2) is 9.37 Å². The van der Waals surface area contributed by atoms with Crippen molar-refractivity contribution in [1.82, 2.24) is 14.8 Å². The minimum absolute atomic E-state index is 0.00772. The molecule has 1 aromatic carbocycles. The zero-order valence-corrected chi connectivity index (χ0v) is 15.3. The summed E-state index contributed by atoms with van der Waals surface area (Å²) in [5, 5.41) is 9.34. The fourth-order valence-corrected chi connectivity index (χ4v) is 3.77. The number of halogens is 1. The van der Waals surface area contributed by atoms with E-state index in [1.54, 1.807) is 28.0 Å².